The lowest BCUT2D eigenvalue weighted by Crippen LogP contribution is -2.37. The van der Waals surface area contributed by atoms with Gasteiger partial charge in [-0.2, -0.15) is 0 Å². The predicted octanol–water partition coefficient (Wildman–Crippen LogP) is 3.26. The van der Waals surface area contributed by atoms with Gasteiger partial charge in [-0.25, -0.2) is 4.79 Å². The molecular weight excluding hydrogens is 326 g/mol. The van der Waals surface area contributed by atoms with Crippen LogP contribution in [0.3, 0.4) is 0 Å². The Labute approximate surface area is 126 Å². The number of carbonyl (C=O) groups excluding carboxylic acids is 1. The second-order valence-corrected chi connectivity index (χ2v) is 6.59. The van der Waals surface area contributed by atoms with Gasteiger partial charge in [0.05, 0.1) is 12.1 Å². The summed E-state index contributed by atoms with van der Waals surface area (Å²) in [5.41, 5.74) is 1.61. The maximum absolute atomic E-state index is 12.2. The molecule has 0 bridgehead atoms. The molecule has 1 aromatic rings. The Morgan fingerprint density at radius 1 is 1.53 bits per heavy atom. The highest BCUT2D eigenvalue weighted by Gasteiger charge is 2.35. The highest BCUT2D eigenvalue weighted by Crippen LogP contribution is 2.21. The van der Waals surface area contributed by atoms with Gasteiger partial charge in [0.15, 0.2) is 5.11 Å². The molecule has 2 N–H and O–H groups in total. The molecule has 1 aliphatic heterocycles. The standard InChI is InChI=1S/C13H16BrN3OS/c1-8-6-9(14)4-5-10(8)15-11(18)17-7-13(2,3)16-12(17)19/h4-6H,7H2,1-3H3,(H,15,18)(H,16,19). The van der Waals surface area contributed by atoms with E-state index >= 15 is 0 Å². The van der Waals surface area contributed by atoms with Crippen molar-refractivity contribution in [3.8, 4) is 0 Å². The molecule has 1 fully saturated rings. The number of rotatable bonds is 1. The van der Waals surface area contributed by atoms with Crippen molar-refractivity contribution in [1.29, 1.82) is 0 Å². The van der Waals surface area contributed by atoms with E-state index < -0.39 is 0 Å². The van der Waals surface area contributed by atoms with Crippen molar-refractivity contribution in [2.75, 3.05) is 11.9 Å². The molecule has 0 radical (unpaired) electrons. The van der Waals surface area contributed by atoms with E-state index in [9.17, 15) is 4.79 Å². The summed E-state index contributed by atoms with van der Waals surface area (Å²) < 4.78 is 0.988. The summed E-state index contributed by atoms with van der Waals surface area (Å²) in [5.74, 6) is 0. The second-order valence-electron chi connectivity index (χ2n) is 5.29. The largest absolute Gasteiger partial charge is 0.355 e. The van der Waals surface area contributed by atoms with E-state index in [0.717, 1.165) is 15.7 Å². The van der Waals surface area contributed by atoms with Gasteiger partial charge >= 0.3 is 6.03 Å². The number of anilines is 1. The summed E-state index contributed by atoms with van der Waals surface area (Å²) in [6.45, 7) is 6.53. The van der Waals surface area contributed by atoms with Crippen molar-refractivity contribution < 1.29 is 4.79 Å². The van der Waals surface area contributed by atoms with Crippen LogP contribution in [0.2, 0.25) is 0 Å². The van der Waals surface area contributed by atoms with Crippen LogP contribution in [-0.4, -0.2) is 28.1 Å². The van der Waals surface area contributed by atoms with E-state index in [-0.39, 0.29) is 11.6 Å². The average molecular weight is 342 g/mol. The molecule has 0 unspecified atom stereocenters. The average Bonchev–Trinajstić information content (AvgIpc) is 2.56. The van der Waals surface area contributed by atoms with Crippen molar-refractivity contribution >= 4 is 45.0 Å². The van der Waals surface area contributed by atoms with E-state index in [0.29, 0.717) is 11.7 Å². The number of benzene rings is 1. The van der Waals surface area contributed by atoms with Crippen LogP contribution in [0.5, 0.6) is 0 Å². The lowest BCUT2D eigenvalue weighted by Gasteiger charge is -2.18. The Morgan fingerprint density at radius 3 is 2.74 bits per heavy atom. The minimum absolute atomic E-state index is 0.177. The molecular formula is C13H16BrN3OS. The number of hydrogen-bond donors (Lipinski definition) is 2. The van der Waals surface area contributed by atoms with Crippen LogP contribution in [0.15, 0.2) is 22.7 Å². The first kappa shape index (κ1) is 14.3. The first-order valence-corrected chi connectivity index (χ1v) is 7.15. The maximum atomic E-state index is 12.2. The van der Waals surface area contributed by atoms with Gasteiger partial charge in [0.1, 0.15) is 0 Å². The Bertz CT molecular complexity index is 545. The van der Waals surface area contributed by atoms with E-state index in [1.165, 1.54) is 0 Å². The molecule has 0 spiro atoms. The van der Waals surface area contributed by atoms with Gasteiger partial charge in [-0.3, -0.25) is 4.90 Å². The van der Waals surface area contributed by atoms with E-state index in [4.69, 9.17) is 12.2 Å². The van der Waals surface area contributed by atoms with E-state index in [2.05, 4.69) is 26.6 Å². The normalized spacial score (nSPS) is 17.3. The van der Waals surface area contributed by atoms with Gasteiger partial charge in [-0.15, -0.1) is 0 Å². The van der Waals surface area contributed by atoms with Crippen molar-refractivity contribution in [3.05, 3.63) is 28.2 Å². The molecule has 0 aliphatic carbocycles. The van der Waals surface area contributed by atoms with Crippen LogP contribution >= 0.6 is 28.1 Å². The highest BCUT2D eigenvalue weighted by molar-refractivity contribution is 9.10. The second kappa shape index (κ2) is 5.09. The minimum Gasteiger partial charge on any atom is -0.355 e. The topological polar surface area (TPSA) is 44.4 Å². The number of amides is 2. The summed E-state index contributed by atoms with van der Waals surface area (Å²) in [7, 11) is 0. The predicted molar refractivity (Wildman–Crippen MR) is 84.4 cm³/mol. The molecule has 6 heteroatoms. The van der Waals surface area contributed by atoms with Crippen molar-refractivity contribution in [2.24, 2.45) is 0 Å². The Kier molecular flexibility index (Phi) is 3.82. The summed E-state index contributed by atoms with van der Waals surface area (Å²) in [4.78, 5) is 13.8. The van der Waals surface area contributed by atoms with Crippen molar-refractivity contribution in [2.45, 2.75) is 26.3 Å². The van der Waals surface area contributed by atoms with Gasteiger partial charge in [-0.05, 0) is 56.8 Å². The molecule has 4 nitrogen and oxygen atoms in total. The molecule has 1 aromatic carbocycles. The molecule has 2 amide bonds. The zero-order chi connectivity index (χ0) is 14.2. The van der Waals surface area contributed by atoms with Crippen LogP contribution in [0.1, 0.15) is 19.4 Å². The first-order chi connectivity index (χ1) is 8.78. The molecule has 0 aromatic heterocycles. The van der Waals surface area contributed by atoms with E-state index in [1.54, 1.807) is 4.90 Å². The van der Waals surface area contributed by atoms with Crippen LogP contribution in [0.25, 0.3) is 0 Å². The molecule has 1 heterocycles. The van der Waals surface area contributed by atoms with E-state index in [1.807, 2.05) is 39.0 Å². The number of thiocarbonyl (C=S) groups is 1. The fraction of sp³-hybridized carbons (Fsp3) is 0.385. The van der Waals surface area contributed by atoms with Crippen LogP contribution in [0.4, 0.5) is 10.5 Å². The number of carbonyl (C=O) groups is 1. The zero-order valence-corrected chi connectivity index (χ0v) is 13.5. The first-order valence-electron chi connectivity index (χ1n) is 5.95. The molecule has 0 atom stereocenters. The van der Waals surface area contributed by atoms with Crippen molar-refractivity contribution in [1.82, 2.24) is 10.2 Å². The molecule has 2 rings (SSSR count). The Morgan fingerprint density at radius 2 is 2.21 bits per heavy atom. The van der Waals surface area contributed by atoms with Crippen LogP contribution in [-0.2, 0) is 0 Å². The fourth-order valence-corrected chi connectivity index (χ4v) is 2.88. The number of nitrogens with one attached hydrogen (secondary N) is 2. The smallest absolute Gasteiger partial charge is 0.328 e. The maximum Gasteiger partial charge on any atom is 0.328 e. The van der Waals surface area contributed by atoms with Gasteiger partial charge < -0.3 is 10.6 Å². The SMILES string of the molecule is Cc1cc(Br)ccc1NC(=O)N1CC(C)(C)NC1=S. The highest BCUT2D eigenvalue weighted by atomic mass is 79.9. The number of nitrogens with zero attached hydrogens (tertiary/aromatic N) is 1. The van der Waals surface area contributed by atoms with Gasteiger partial charge in [0.25, 0.3) is 0 Å². The number of halogens is 1. The number of aryl methyl sites for hydroxylation is 1. The third-order valence-corrected chi connectivity index (χ3v) is 3.73. The van der Waals surface area contributed by atoms with Crippen molar-refractivity contribution in [3.63, 3.8) is 0 Å². The monoisotopic (exact) mass is 341 g/mol. The van der Waals surface area contributed by atoms with Crippen LogP contribution < -0.4 is 10.6 Å². The molecule has 102 valence electrons. The lowest BCUT2D eigenvalue weighted by molar-refractivity contribution is 0.233. The third-order valence-electron chi connectivity index (χ3n) is 2.92. The fourth-order valence-electron chi connectivity index (χ4n) is 1.98. The Balaban J connectivity index is 2.12. The van der Waals surface area contributed by atoms with Crippen LogP contribution in [0, 0.1) is 6.92 Å². The molecule has 1 saturated heterocycles. The molecule has 19 heavy (non-hydrogen) atoms. The number of urea groups is 1. The summed E-state index contributed by atoms with van der Waals surface area (Å²) in [6, 6.07) is 5.52. The number of hydrogen-bond acceptors (Lipinski definition) is 2. The van der Waals surface area contributed by atoms with Gasteiger partial charge in [-0.1, -0.05) is 15.9 Å². The van der Waals surface area contributed by atoms with Gasteiger partial charge in [0, 0.05) is 10.2 Å². The summed E-state index contributed by atoms with van der Waals surface area (Å²) in [6.07, 6.45) is 0. The lowest BCUT2D eigenvalue weighted by atomic mass is 10.1. The summed E-state index contributed by atoms with van der Waals surface area (Å²) in [5, 5.41) is 6.48. The quantitative estimate of drug-likeness (QED) is 0.770. The van der Waals surface area contributed by atoms with Gasteiger partial charge in [0.2, 0.25) is 0 Å². The minimum atomic E-state index is -0.200. The summed E-state index contributed by atoms with van der Waals surface area (Å²) >= 11 is 8.58. The third kappa shape index (κ3) is 3.25. The molecule has 0 saturated carbocycles. The zero-order valence-electron chi connectivity index (χ0n) is 11.1. The molecule has 1 aliphatic rings. The Hall–Kier alpha value is -1.14.